The molecule has 2 fully saturated rings. The number of likely N-dealkylation sites (tertiary alicyclic amines) is 1. The molecule has 150 valence electrons. The van der Waals surface area contributed by atoms with Crippen LogP contribution in [0.25, 0.3) is 0 Å². The fourth-order valence-corrected chi connectivity index (χ4v) is 4.81. The summed E-state index contributed by atoms with van der Waals surface area (Å²) in [5, 5.41) is 10.7. The topological polar surface area (TPSA) is 70.4 Å². The SMILES string of the molecule is Cc1noc(C)c1CCCNC(=O)C12CNCC1CN(Cc1ccccc1)C2. The molecule has 1 aromatic carbocycles. The predicted octanol–water partition coefficient (Wildman–Crippen LogP) is 2.06. The molecular weight excluding hydrogens is 352 g/mol. The summed E-state index contributed by atoms with van der Waals surface area (Å²) in [6, 6.07) is 10.5. The van der Waals surface area contributed by atoms with Crippen molar-refractivity contribution >= 4 is 5.91 Å². The van der Waals surface area contributed by atoms with E-state index in [9.17, 15) is 4.79 Å². The van der Waals surface area contributed by atoms with Crippen LogP contribution in [0.1, 0.15) is 29.0 Å². The van der Waals surface area contributed by atoms with E-state index >= 15 is 0 Å². The van der Waals surface area contributed by atoms with Gasteiger partial charge < -0.3 is 15.2 Å². The van der Waals surface area contributed by atoms with Gasteiger partial charge in [-0.25, -0.2) is 0 Å². The molecule has 0 spiro atoms. The van der Waals surface area contributed by atoms with E-state index < -0.39 is 0 Å². The first-order valence-electron chi connectivity index (χ1n) is 10.3. The highest BCUT2D eigenvalue weighted by atomic mass is 16.5. The number of aromatic nitrogens is 1. The van der Waals surface area contributed by atoms with E-state index in [2.05, 4.69) is 45.0 Å². The van der Waals surface area contributed by atoms with E-state index in [0.29, 0.717) is 12.5 Å². The van der Waals surface area contributed by atoms with Gasteiger partial charge in [-0.3, -0.25) is 9.69 Å². The zero-order chi connectivity index (χ0) is 19.6. The minimum Gasteiger partial charge on any atom is -0.361 e. The van der Waals surface area contributed by atoms with Crippen molar-refractivity contribution in [1.82, 2.24) is 20.7 Å². The van der Waals surface area contributed by atoms with E-state index in [-0.39, 0.29) is 11.3 Å². The lowest BCUT2D eigenvalue weighted by atomic mass is 9.80. The van der Waals surface area contributed by atoms with Gasteiger partial charge in [0.05, 0.1) is 11.1 Å². The minimum atomic E-state index is -0.294. The van der Waals surface area contributed by atoms with E-state index in [0.717, 1.165) is 57.0 Å². The average molecular weight is 383 g/mol. The Kier molecular flexibility index (Phi) is 5.51. The van der Waals surface area contributed by atoms with Gasteiger partial charge in [0, 0.05) is 50.7 Å². The lowest BCUT2D eigenvalue weighted by molar-refractivity contribution is -0.130. The van der Waals surface area contributed by atoms with Crippen LogP contribution >= 0.6 is 0 Å². The number of nitrogens with one attached hydrogen (secondary N) is 2. The Hall–Kier alpha value is -2.18. The molecule has 2 aliphatic heterocycles. The number of carbonyl (C=O) groups excluding carboxylic acids is 1. The highest BCUT2D eigenvalue weighted by Crippen LogP contribution is 2.39. The number of hydrogen-bond donors (Lipinski definition) is 2. The Morgan fingerprint density at radius 2 is 2.18 bits per heavy atom. The number of amides is 1. The number of rotatable bonds is 7. The van der Waals surface area contributed by atoms with E-state index in [1.807, 2.05) is 19.9 Å². The highest BCUT2D eigenvalue weighted by molar-refractivity contribution is 5.84. The van der Waals surface area contributed by atoms with Crippen LogP contribution in [-0.4, -0.2) is 48.7 Å². The third-order valence-electron chi connectivity index (χ3n) is 6.37. The molecule has 0 aliphatic carbocycles. The van der Waals surface area contributed by atoms with Crippen molar-refractivity contribution in [2.45, 2.75) is 33.2 Å². The maximum atomic E-state index is 13.1. The van der Waals surface area contributed by atoms with Crippen LogP contribution in [-0.2, 0) is 17.8 Å². The first-order chi connectivity index (χ1) is 13.6. The van der Waals surface area contributed by atoms with Gasteiger partial charge in [-0.15, -0.1) is 0 Å². The fraction of sp³-hybridized carbons (Fsp3) is 0.545. The molecule has 1 aromatic heterocycles. The molecule has 28 heavy (non-hydrogen) atoms. The summed E-state index contributed by atoms with van der Waals surface area (Å²) in [5.74, 6) is 1.48. The van der Waals surface area contributed by atoms with Crippen LogP contribution in [0.3, 0.4) is 0 Å². The van der Waals surface area contributed by atoms with Crippen molar-refractivity contribution in [3.05, 3.63) is 52.9 Å². The van der Waals surface area contributed by atoms with Gasteiger partial charge in [-0.05, 0) is 32.3 Å². The molecular formula is C22H30N4O2. The highest BCUT2D eigenvalue weighted by Gasteiger charge is 2.54. The van der Waals surface area contributed by atoms with E-state index in [4.69, 9.17) is 4.52 Å². The number of nitrogens with zero attached hydrogens (tertiary/aromatic N) is 2. The zero-order valence-corrected chi connectivity index (χ0v) is 16.8. The van der Waals surface area contributed by atoms with Gasteiger partial charge in [-0.2, -0.15) is 0 Å². The largest absolute Gasteiger partial charge is 0.361 e. The standard InChI is InChI=1S/C22H30N4O2/c1-16-20(17(2)28-25-16)9-6-10-24-21(27)22-14-23-11-19(22)13-26(15-22)12-18-7-4-3-5-8-18/h3-5,7-8,19,23H,6,9-15H2,1-2H3,(H,24,27). The Labute approximate surface area is 166 Å². The summed E-state index contributed by atoms with van der Waals surface area (Å²) in [6.07, 6.45) is 1.78. The van der Waals surface area contributed by atoms with Crippen LogP contribution in [0.5, 0.6) is 0 Å². The van der Waals surface area contributed by atoms with Crippen LogP contribution < -0.4 is 10.6 Å². The van der Waals surface area contributed by atoms with Crippen molar-refractivity contribution in [3.8, 4) is 0 Å². The summed E-state index contributed by atoms with van der Waals surface area (Å²) >= 11 is 0. The number of aryl methyl sites for hydroxylation is 2. The van der Waals surface area contributed by atoms with Crippen molar-refractivity contribution in [2.24, 2.45) is 11.3 Å². The molecule has 2 unspecified atom stereocenters. The van der Waals surface area contributed by atoms with Gasteiger partial charge in [-0.1, -0.05) is 35.5 Å². The number of fused-ring (bicyclic) bond motifs is 1. The monoisotopic (exact) mass is 382 g/mol. The predicted molar refractivity (Wildman–Crippen MR) is 108 cm³/mol. The molecule has 6 nitrogen and oxygen atoms in total. The summed E-state index contributed by atoms with van der Waals surface area (Å²) < 4.78 is 5.22. The summed E-state index contributed by atoms with van der Waals surface area (Å²) in [7, 11) is 0. The lowest BCUT2D eigenvalue weighted by Gasteiger charge is -2.27. The average Bonchev–Trinajstić information content (AvgIpc) is 3.33. The third-order valence-corrected chi connectivity index (χ3v) is 6.37. The molecule has 2 atom stereocenters. The molecule has 0 bridgehead atoms. The summed E-state index contributed by atoms with van der Waals surface area (Å²) in [6.45, 7) is 9.04. The molecule has 1 amide bonds. The third kappa shape index (κ3) is 3.71. The molecule has 6 heteroatoms. The van der Waals surface area contributed by atoms with Gasteiger partial charge >= 0.3 is 0 Å². The maximum Gasteiger partial charge on any atom is 0.229 e. The lowest BCUT2D eigenvalue weighted by Crippen LogP contribution is -2.47. The number of benzene rings is 1. The van der Waals surface area contributed by atoms with E-state index in [1.54, 1.807) is 0 Å². The molecule has 0 radical (unpaired) electrons. The first-order valence-corrected chi connectivity index (χ1v) is 10.3. The van der Waals surface area contributed by atoms with Gasteiger partial charge in [0.1, 0.15) is 5.76 Å². The molecule has 2 aromatic rings. The van der Waals surface area contributed by atoms with E-state index in [1.165, 1.54) is 11.1 Å². The van der Waals surface area contributed by atoms with Crippen LogP contribution in [0.2, 0.25) is 0 Å². The second-order valence-corrected chi connectivity index (χ2v) is 8.30. The smallest absolute Gasteiger partial charge is 0.229 e. The molecule has 4 rings (SSSR count). The molecule has 0 saturated carbocycles. The normalized spacial score (nSPS) is 24.4. The van der Waals surface area contributed by atoms with Crippen molar-refractivity contribution in [1.29, 1.82) is 0 Å². The van der Waals surface area contributed by atoms with Gasteiger partial charge in [0.2, 0.25) is 5.91 Å². The van der Waals surface area contributed by atoms with Gasteiger partial charge in [0.25, 0.3) is 0 Å². The van der Waals surface area contributed by atoms with Crippen LogP contribution in [0.15, 0.2) is 34.9 Å². The minimum absolute atomic E-state index is 0.205. The first kappa shape index (κ1) is 19.2. The Morgan fingerprint density at radius 1 is 1.36 bits per heavy atom. The fourth-order valence-electron chi connectivity index (χ4n) is 4.81. The molecule has 2 aliphatic rings. The zero-order valence-electron chi connectivity index (χ0n) is 16.8. The Balaban J connectivity index is 1.32. The quantitative estimate of drug-likeness (QED) is 0.718. The van der Waals surface area contributed by atoms with Crippen molar-refractivity contribution < 1.29 is 9.32 Å². The van der Waals surface area contributed by atoms with Crippen LogP contribution in [0.4, 0.5) is 0 Å². The molecule has 2 saturated heterocycles. The van der Waals surface area contributed by atoms with Crippen molar-refractivity contribution in [2.75, 3.05) is 32.7 Å². The van der Waals surface area contributed by atoms with Crippen LogP contribution in [0, 0.1) is 25.2 Å². The summed E-state index contributed by atoms with van der Waals surface area (Å²) in [4.78, 5) is 15.6. The number of carbonyl (C=O) groups is 1. The second kappa shape index (κ2) is 8.05. The van der Waals surface area contributed by atoms with Crippen molar-refractivity contribution in [3.63, 3.8) is 0 Å². The second-order valence-electron chi connectivity index (χ2n) is 8.30. The van der Waals surface area contributed by atoms with Gasteiger partial charge in [0.15, 0.2) is 0 Å². The summed E-state index contributed by atoms with van der Waals surface area (Å²) in [5.41, 5.74) is 3.14. The Morgan fingerprint density at radius 3 is 2.93 bits per heavy atom. The molecule has 2 N–H and O–H groups in total. The maximum absolute atomic E-state index is 13.1. The number of hydrogen-bond acceptors (Lipinski definition) is 5. The molecule has 3 heterocycles. The Bertz CT molecular complexity index is 800.